The molecule has 3 aromatic heterocycles. The van der Waals surface area contributed by atoms with Crippen molar-refractivity contribution in [2.45, 2.75) is 58.9 Å². The number of halogens is 3. The van der Waals surface area contributed by atoms with Crippen molar-refractivity contribution in [2.75, 3.05) is 11.9 Å². The Balaban J connectivity index is 0.00000158. The molecule has 0 radical (unpaired) electrons. The first kappa shape index (κ1) is 26.9. The van der Waals surface area contributed by atoms with E-state index in [1.807, 2.05) is 30.1 Å². The number of nitrogens with one attached hydrogen (secondary N) is 1. The zero-order chi connectivity index (χ0) is 24.7. The number of carbonyl (C=O) groups is 1. The maximum Gasteiger partial charge on any atom is 0.306 e. The van der Waals surface area contributed by atoms with Crippen molar-refractivity contribution in [1.82, 2.24) is 18.9 Å². The number of anilines is 1. The maximum absolute atomic E-state index is 14.6. The van der Waals surface area contributed by atoms with Crippen LogP contribution in [0.5, 0.6) is 0 Å². The van der Waals surface area contributed by atoms with E-state index < -0.39 is 5.82 Å². The first-order valence-corrected chi connectivity index (χ1v) is 15.1. The molecule has 0 aromatic carbocycles. The van der Waals surface area contributed by atoms with E-state index in [2.05, 4.69) is 41.5 Å². The summed E-state index contributed by atoms with van der Waals surface area (Å²) in [5.41, 5.74) is 1.46. The summed E-state index contributed by atoms with van der Waals surface area (Å²) in [6, 6.07) is 1.84. The highest BCUT2D eigenvalue weighted by Gasteiger charge is 2.26. The van der Waals surface area contributed by atoms with Gasteiger partial charge in [-0.3, -0.25) is 8.77 Å². The first-order chi connectivity index (χ1) is 16.5. The molecule has 4 rings (SSSR count). The Morgan fingerprint density at radius 2 is 2.15 bits per heavy atom. The zero-order valence-electron chi connectivity index (χ0n) is 19.4. The van der Waals surface area contributed by atoms with Crippen molar-refractivity contribution in [1.29, 1.82) is 0 Å². The number of hydrogen-bond donors (Lipinski definition) is 1. The van der Waals surface area contributed by atoms with E-state index in [0.29, 0.717) is 23.9 Å². The Labute approximate surface area is 220 Å². The van der Waals surface area contributed by atoms with E-state index in [1.165, 1.54) is 15.3 Å². The number of aromatic nitrogens is 4. The van der Waals surface area contributed by atoms with Crippen LogP contribution >= 0.6 is 41.9 Å². The van der Waals surface area contributed by atoms with Gasteiger partial charge < -0.3 is 10.1 Å². The molecule has 2 unspecified atom stereocenters. The highest BCUT2D eigenvalue weighted by Crippen LogP contribution is 2.34. The summed E-state index contributed by atoms with van der Waals surface area (Å²) in [4.78, 5) is 25.0. The van der Waals surface area contributed by atoms with Gasteiger partial charge in [0.05, 0.1) is 17.8 Å². The van der Waals surface area contributed by atoms with Crippen LogP contribution in [0.25, 0.3) is 22.4 Å². The summed E-state index contributed by atoms with van der Waals surface area (Å²) in [6.45, 7) is 6.19. The van der Waals surface area contributed by atoms with E-state index in [1.54, 1.807) is 13.1 Å². The number of hydrogen-bond acceptors (Lipinski definition) is 7. The van der Waals surface area contributed by atoms with Crippen LogP contribution in [-0.2, 0) is 9.53 Å². The van der Waals surface area contributed by atoms with Gasteiger partial charge in [0.25, 0.3) is 0 Å². The van der Waals surface area contributed by atoms with E-state index >= 15 is 0 Å². The lowest BCUT2D eigenvalue weighted by Gasteiger charge is -2.29. The largest absolute Gasteiger partial charge is 0.466 e. The molecule has 34 heavy (non-hydrogen) atoms. The number of fused-ring (bicyclic) bond motifs is 1. The van der Waals surface area contributed by atoms with Crippen LogP contribution in [0.4, 0.5) is 10.2 Å². The van der Waals surface area contributed by atoms with Crippen LogP contribution in [-0.4, -0.2) is 37.5 Å². The van der Waals surface area contributed by atoms with Crippen LogP contribution in [0.15, 0.2) is 24.7 Å². The molecule has 1 fully saturated rings. The molecule has 1 saturated carbocycles. The summed E-state index contributed by atoms with van der Waals surface area (Å²) in [5.74, 6) is 0.0901. The average molecular weight is 620 g/mol. The van der Waals surface area contributed by atoms with Gasteiger partial charge in [0.1, 0.15) is 0 Å². The Morgan fingerprint density at radius 3 is 2.88 bits per heavy atom. The molecule has 0 amide bonds. The van der Waals surface area contributed by atoms with Crippen molar-refractivity contribution in [3.8, 4) is 11.4 Å². The van der Waals surface area contributed by atoms with Crippen LogP contribution in [0.1, 0.15) is 52.9 Å². The van der Waals surface area contributed by atoms with Gasteiger partial charge in [-0.1, -0.05) is 31.9 Å². The first-order valence-electron chi connectivity index (χ1n) is 11.4. The molecule has 3 heterocycles. The van der Waals surface area contributed by atoms with Crippen LogP contribution in [0.2, 0.25) is 5.02 Å². The van der Waals surface area contributed by atoms with Gasteiger partial charge in [-0.15, -0.1) is 0 Å². The third-order valence-corrected chi connectivity index (χ3v) is 7.43. The number of carbonyl (C=O) groups excluding carboxylic acids is 1. The van der Waals surface area contributed by atoms with E-state index in [0.717, 1.165) is 42.3 Å². The topological polar surface area (TPSA) is 81.9 Å². The fourth-order valence-electron chi connectivity index (χ4n) is 4.14. The minimum atomic E-state index is -0.510. The zero-order valence-corrected chi connectivity index (χ0v) is 23.1. The third-order valence-electron chi connectivity index (χ3n) is 5.52. The SMILES string of the molecule is CC.CCOC(=O)CC1CCCC(Nc2nc(-c3cn(SI)c4ncc(Cl)cc34)ncc2F)C1. The minimum absolute atomic E-state index is 0.0304. The predicted octanol–water partition coefficient (Wildman–Crippen LogP) is 7.08. The molecule has 1 aliphatic rings. The normalized spacial score (nSPS) is 17.7. The molecule has 0 spiro atoms. The van der Waals surface area contributed by atoms with E-state index in [4.69, 9.17) is 16.3 Å². The Hall–Kier alpha value is -1.66. The van der Waals surface area contributed by atoms with Crippen LogP contribution in [0.3, 0.4) is 0 Å². The Morgan fingerprint density at radius 1 is 1.35 bits per heavy atom. The fraction of sp³-hybridized carbons (Fsp3) is 0.478. The van der Waals surface area contributed by atoms with Gasteiger partial charge in [0, 0.05) is 66.1 Å². The Bertz CT molecular complexity index is 1130. The highest BCUT2D eigenvalue weighted by molar-refractivity contribution is 14.2. The van der Waals surface area contributed by atoms with Crippen molar-refractivity contribution < 1.29 is 13.9 Å². The summed E-state index contributed by atoms with van der Waals surface area (Å²) >= 11 is 8.33. The lowest BCUT2D eigenvalue weighted by molar-refractivity contribution is -0.144. The molecule has 1 N–H and O–H groups in total. The standard InChI is InChI=1S/C21H22ClFIN5O2S.C2H6/c1-2-31-18(30)7-12-4-3-5-14(6-12)27-20-17(23)10-25-19(28-20)16-11-29(32-24)21-15(16)8-13(22)9-26-21;1-2/h8-12,14H,2-7H2,1H3,(H,25,27,28);1-2H3. The molecule has 2 atom stereocenters. The molecule has 184 valence electrons. The maximum atomic E-state index is 14.6. The number of pyridine rings is 1. The molecule has 11 heteroatoms. The highest BCUT2D eigenvalue weighted by atomic mass is 127. The Kier molecular flexibility index (Phi) is 10.2. The predicted molar refractivity (Wildman–Crippen MR) is 145 cm³/mol. The molecule has 3 aromatic rings. The second kappa shape index (κ2) is 12.9. The lowest BCUT2D eigenvalue weighted by Crippen LogP contribution is -2.29. The smallest absolute Gasteiger partial charge is 0.306 e. The second-order valence-electron chi connectivity index (χ2n) is 7.74. The number of nitrogens with zero attached hydrogens (tertiary/aromatic N) is 4. The van der Waals surface area contributed by atoms with Gasteiger partial charge in [-0.05, 0) is 38.2 Å². The van der Waals surface area contributed by atoms with Gasteiger partial charge in [-0.25, -0.2) is 19.3 Å². The van der Waals surface area contributed by atoms with Crippen LogP contribution in [0, 0.1) is 11.7 Å². The van der Waals surface area contributed by atoms with Gasteiger partial charge in [0.15, 0.2) is 23.1 Å². The fourth-order valence-corrected chi connectivity index (χ4v) is 5.55. The van der Waals surface area contributed by atoms with Gasteiger partial charge in [0.2, 0.25) is 0 Å². The molecular formula is C23H28ClFIN5O2S. The summed E-state index contributed by atoms with van der Waals surface area (Å²) in [5, 5.41) is 4.54. The summed E-state index contributed by atoms with van der Waals surface area (Å²) in [6.07, 6.45) is 8.63. The second-order valence-corrected chi connectivity index (χ2v) is 9.89. The summed E-state index contributed by atoms with van der Waals surface area (Å²) in [7, 11) is 1.46. The van der Waals surface area contributed by atoms with Crippen molar-refractivity contribution >= 4 is 64.7 Å². The quantitative estimate of drug-likeness (QED) is 0.224. The molecular weight excluding hydrogens is 592 g/mol. The molecule has 0 saturated heterocycles. The number of ether oxygens (including phenoxy) is 1. The molecule has 0 bridgehead atoms. The third kappa shape index (κ3) is 6.51. The summed E-state index contributed by atoms with van der Waals surface area (Å²) < 4.78 is 21.6. The van der Waals surface area contributed by atoms with E-state index in [-0.39, 0.29) is 23.7 Å². The van der Waals surface area contributed by atoms with Gasteiger partial charge >= 0.3 is 5.97 Å². The molecule has 7 nitrogen and oxygen atoms in total. The van der Waals surface area contributed by atoms with Crippen molar-refractivity contribution in [3.05, 3.63) is 35.5 Å². The van der Waals surface area contributed by atoms with Crippen molar-refractivity contribution in [3.63, 3.8) is 0 Å². The number of rotatable bonds is 7. The van der Waals surface area contributed by atoms with Gasteiger partial charge in [-0.2, -0.15) is 0 Å². The van der Waals surface area contributed by atoms with Crippen LogP contribution < -0.4 is 5.32 Å². The average Bonchev–Trinajstić information content (AvgIpc) is 3.20. The molecule has 0 aliphatic heterocycles. The van der Waals surface area contributed by atoms with E-state index in [9.17, 15) is 9.18 Å². The number of esters is 1. The van der Waals surface area contributed by atoms with Crippen molar-refractivity contribution in [2.24, 2.45) is 5.92 Å². The monoisotopic (exact) mass is 619 g/mol. The lowest BCUT2D eigenvalue weighted by atomic mass is 9.84. The minimum Gasteiger partial charge on any atom is -0.466 e. The molecule has 1 aliphatic carbocycles.